The number of halogens is 1. The van der Waals surface area contributed by atoms with Crippen molar-refractivity contribution < 1.29 is 18.7 Å². The number of hydrogen-bond donors (Lipinski definition) is 0. The summed E-state index contributed by atoms with van der Waals surface area (Å²) in [6, 6.07) is 17.7. The molecule has 1 atom stereocenters. The summed E-state index contributed by atoms with van der Waals surface area (Å²) in [5.41, 5.74) is 3.26. The molecule has 9 heteroatoms. The first-order valence-corrected chi connectivity index (χ1v) is 13.1. The van der Waals surface area contributed by atoms with E-state index in [9.17, 15) is 14.0 Å². The molecule has 0 spiro atoms. The number of carbonyl (C=O) groups is 2. The second-order valence-corrected chi connectivity index (χ2v) is 9.84. The number of nitrogens with zero attached hydrogens (tertiary/aromatic N) is 5. The topological polar surface area (TPSA) is 78.9 Å². The molecule has 2 fully saturated rings. The van der Waals surface area contributed by atoms with Crippen molar-refractivity contribution in [3.8, 4) is 11.3 Å². The Morgan fingerprint density at radius 3 is 2.47 bits per heavy atom. The number of aryl methyl sites for hydroxylation is 1. The van der Waals surface area contributed by atoms with E-state index in [1.54, 1.807) is 11.0 Å². The Kier molecular flexibility index (Phi) is 7.93. The summed E-state index contributed by atoms with van der Waals surface area (Å²) < 4.78 is 19.5. The summed E-state index contributed by atoms with van der Waals surface area (Å²) in [4.78, 5) is 31.8. The molecule has 0 N–H and O–H groups in total. The number of benzene rings is 2. The molecule has 1 aromatic heterocycles. The number of aromatic nitrogens is 2. The molecule has 38 heavy (non-hydrogen) atoms. The molecule has 0 unspecified atom stereocenters. The average molecular weight is 518 g/mol. The Labute approximate surface area is 222 Å². The highest BCUT2D eigenvalue weighted by molar-refractivity contribution is 5.96. The van der Waals surface area contributed by atoms with Crippen LogP contribution in [0.4, 0.5) is 10.2 Å². The van der Waals surface area contributed by atoms with Crippen molar-refractivity contribution in [1.82, 2.24) is 20.0 Å². The van der Waals surface area contributed by atoms with Crippen LogP contribution in [0.25, 0.3) is 11.3 Å². The van der Waals surface area contributed by atoms with Crippen molar-refractivity contribution in [3.63, 3.8) is 0 Å². The van der Waals surface area contributed by atoms with Gasteiger partial charge in [0.25, 0.3) is 5.91 Å². The van der Waals surface area contributed by atoms with Gasteiger partial charge in [-0.3, -0.25) is 9.59 Å². The van der Waals surface area contributed by atoms with E-state index in [1.807, 2.05) is 31.2 Å². The quantitative estimate of drug-likeness (QED) is 0.477. The van der Waals surface area contributed by atoms with E-state index in [1.165, 1.54) is 28.7 Å². The third-order valence-electron chi connectivity index (χ3n) is 7.09. The maximum absolute atomic E-state index is 13.8. The van der Waals surface area contributed by atoms with E-state index in [4.69, 9.17) is 4.74 Å². The van der Waals surface area contributed by atoms with Gasteiger partial charge in [0, 0.05) is 50.5 Å². The van der Waals surface area contributed by atoms with Crippen molar-refractivity contribution >= 4 is 17.6 Å². The molecule has 198 valence electrons. The average Bonchev–Trinajstić information content (AvgIpc) is 3.46. The number of carbonyl (C=O) groups excluding carboxylic acids is 2. The van der Waals surface area contributed by atoms with Crippen molar-refractivity contribution in [2.24, 2.45) is 0 Å². The second kappa shape index (κ2) is 11.7. The van der Waals surface area contributed by atoms with Gasteiger partial charge in [-0.1, -0.05) is 35.9 Å². The summed E-state index contributed by atoms with van der Waals surface area (Å²) in [6.45, 7) is 5.21. The molecule has 3 heterocycles. The van der Waals surface area contributed by atoms with E-state index < -0.39 is 5.82 Å². The number of ether oxygens (including phenoxy) is 1. The zero-order valence-corrected chi connectivity index (χ0v) is 21.6. The first-order valence-electron chi connectivity index (χ1n) is 13.1. The predicted octanol–water partition coefficient (Wildman–Crippen LogP) is 3.56. The third-order valence-corrected chi connectivity index (χ3v) is 7.09. The van der Waals surface area contributed by atoms with Crippen LogP contribution in [-0.4, -0.2) is 83.8 Å². The van der Waals surface area contributed by atoms with E-state index >= 15 is 0 Å². The molecule has 3 aromatic rings. The normalized spacial score (nSPS) is 17.5. The summed E-state index contributed by atoms with van der Waals surface area (Å²) in [6.07, 6.45) is 1.65. The summed E-state index contributed by atoms with van der Waals surface area (Å²) >= 11 is 0. The van der Waals surface area contributed by atoms with Crippen LogP contribution >= 0.6 is 0 Å². The number of amides is 2. The van der Waals surface area contributed by atoms with Crippen LogP contribution in [-0.2, 0) is 9.53 Å². The molecule has 2 saturated heterocycles. The molecular weight excluding hydrogens is 485 g/mol. The molecule has 2 aromatic carbocycles. The van der Waals surface area contributed by atoms with E-state index in [0.29, 0.717) is 39.3 Å². The van der Waals surface area contributed by atoms with Gasteiger partial charge in [-0.05, 0) is 50.1 Å². The van der Waals surface area contributed by atoms with E-state index in [0.717, 1.165) is 29.9 Å². The van der Waals surface area contributed by atoms with Gasteiger partial charge in [0.15, 0.2) is 5.82 Å². The number of rotatable bonds is 7. The standard InChI is InChI=1S/C29H32FN5O3/c1-21-7-9-22(10-8-21)26-11-12-27(32-31-26)33-13-15-34(16-14-33)28(36)20-35(19-25-6-3-17-38-25)29(37)23-4-2-5-24(30)18-23/h2,4-5,7-12,18,25H,3,6,13-17,19-20H2,1H3/t25-/m1/s1. The first kappa shape index (κ1) is 25.8. The monoisotopic (exact) mass is 517 g/mol. The molecule has 0 saturated carbocycles. The molecular formula is C29H32FN5O3. The predicted molar refractivity (Wildman–Crippen MR) is 142 cm³/mol. The van der Waals surface area contributed by atoms with Crippen LogP contribution in [0.1, 0.15) is 28.8 Å². The molecule has 0 radical (unpaired) electrons. The minimum absolute atomic E-state index is 0.0692. The zero-order valence-electron chi connectivity index (χ0n) is 21.6. The highest BCUT2D eigenvalue weighted by atomic mass is 19.1. The van der Waals surface area contributed by atoms with Gasteiger partial charge in [-0.25, -0.2) is 4.39 Å². The first-order chi connectivity index (χ1) is 18.5. The zero-order chi connectivity index (χ0) is 26.5. The van der Waals surface area contributed by atoms with Crippen LogP contribution in [0.3, 0.4) is 0 Å². The summed E-state index contributed by atoms with van der Waals surface area (Å²) in [5, 5.41) is 8.81. The van der Waals surface area contributed by atoms with Crippen molar-refractivity contribution in [2.75, 3.05) is 50.8 Å². The Morgan fingerprint density at radius 1 is 1.03 bits per heavy atom. The highest BCUT2D eigenvalue weighted by Crippen LogP contribution is 2.21. The molecule has 0 aliphatic carbocycles. The molecule has 8 nitrogen and oxygen atoms in total. The SMILES string of the molecule is Cc1ccc(-c2ccc(N3CCN(C(=O)CN(C[C@H]4CCCO4)C(=O)c4cccc(F)c4)CC3)nn2)cc1. The number of hydrogen-bond acceptors (Lipinski definition) is 6. The van der Waals surface area contributed by atoms with Crippen molar-refractivity contribution in [1.29, 1.82) is 0 Å². The lowest BCUT2D eigenvalue weighted by molar-refractivity contribution is -0.132. The number of piperazine rings is 1. The van der Waals surface area contributed by atoms with E-state index in [-0.39, 0.29) is 30.0 Å². The fourth-order valence-corrected chi connectivity index (χ4v) is 4.88. The van der Waals surface area contributed by atoms with Crippen LogP contribution < -0.4 is 4.90 Å². The summed E-state index contributed by atoms with van der Waals surface area (Å²) in [7, 11) is 0. The molecule has 2 aliphatic rings. The van der Waals surface area contributed by atoms with Crippen LogP contribution in [0.2, 0.25) is 0 Å². The van der Waals surface area contributed by atoms with Gasteiger partial charge in [0.2, 0.25) is 5.91 Å². The Hall–Kier alpha value is -3.85. The number of anilines is 1. The van der Waals surface area contributed by atoms with Gasteiger partial charge >= 0.3 is 0 Å². The van der Waals surface area contributed by atoms with Gasteiger partial charge in [-0.2, -0.15) is 0 Å². The van der Waals surface area contributed by atoms with Crippen LogP contribution in [0, 0.1) is 12.7 Å². The maximum atomic E-state index is 13.8. The minimum Gasteiger partial charge on any atom is -0.376 e. The highest BCUT2D eigenvalue weighted by Gasteiger charge is 2.29. The third kappa shape index (κ3) is 6.16. The molecule has 5 rings (SSSR count). The minimum atomic E-state index is -0.481. The lowest BCUT2D eigenvalue weighted by Crippen LogP contribution is -2.52. The lowest BCUT2D eigenvalue weighted by atomic mass is 10.1. The van der Waals surface area contributed by atoms with Gasteiger partial charge in [-0.15, -0.1) is 10.2 Å². The fourth-order valence-electron chi connectivity index (χ4n) is 4.88. The Morgan fingerprint density at radius 2 is 1.82 bits per heavy atom. The largest absolute Gasteiger partial charge is 0.376 e. The smallest absolute Gasteiger partial charge is 0.254 e. The lowest BCUT2D eigenvalue weighted by Gasteiger charge is -2.36. The van der Waals surface area contributed by atoms with Crippen molar-refractivity contribution in [3.05, 3.63) is 77.6 Å². The van der Waals surface area contributed by atoms with Gasteiger partial charge in [0.1, 0.15) is 12.4 Å². The molecule has 2 aliphatic heterocycles. The Bertz CT molecular complexity index is 1250. The van der Waals surface area contributed by atoms with Gasteiger partial charge in [0.05, 0.1) is 11.8 Å². The van der Waals surface area contributed by atoms with Crippen LogP contribution in [0.15, 0.2) is 60.7 Å². The van der Waals surface area contributed by atoms with Crippen molar-refractivity contribution in [2.45, 2.75) is 25.9 Å². The van der Waals surface area contributed by atoms with Crippen LogP contribution in [0.5, 0.6) is 0 Å². The van der Waals surface area contributed by atoms with Gasteiger partial charge < -0.3 is 19.4 Å². The second-order valence-electron chi connectivity index (χ2n) is 9.84. The Balaban J connectivity index is 1.19. The van der Waals surface area contributed by atoms with E-state index in [2.05, 4.69) is 27.2 Å². The molecule has 2 amide bonds. The molecule has 0 bridgehead atoms. The summed E-state index contributed by atoms with van der Waals surface area (Å²) in [5.74, 6) is -0.205. The maximum Gasteiger partial charge on any atom is 0.254 e. The fraction of sp³-hybridized carbons (Fsp3) is 0.379.